The Morgan fingerprint density at radius 1 is 0.535 bits per heavy atom. The number of hydrogen-bond donors (Lipinski definition) is 9. The van der Waals surface area contributed by atoms with Crippen molar-refractivity contribution in [2.75, 3.05) is 74.0 Å². The van der Waals surface area contributed by atoms with Gasteiger partial charge in [0.05, 0.1) is 62.7 Å². The van der Waals surface area contributed by atoms with Crippen LogP contribution in [-0.4, -0.2) is 120 Å². The van der Waals surface area contributed by atoms with Crippen LogP contribution in [0.15, 0.2) is 138 Å². The van der Waals surface area contributed by atoms with Gasteiger partial charge in [0.25, 0.3) is 0 Å². The van der Waals surface area contributed by atoms with Crippen molar-refractivity contribution in [1.82, 2.24) is 40.5 Å². The number of urea groups is 1. The fourth-order valence-electron chi connectivity index (χ4n) is 10.1. The topological polar surface area (TPSA) is 379 Å². The molecule has 3 atom stereocenters. The average Bonchev–Trinajstić information content (AvgIpc) is 1.66. The second-order valence-corrected chi connectivity index (χ2v) is 34.4. The fraction of sp³-hybridized carbons (Fsp3) is 0.279. The molecule has 0 aliphatic carbocycles. The standard InChI is InChI=1S/C24H27N5O3S3.C22H24N4O2S3.C22H24N3O6PS3/c1-2-3-12-35(32)23-20(25)19-17(13-18(29-22(19)34-23)21-26-9-11-33-21)16-6-4-15(5-7-16)14-28-24(31)27-8-10-30;1-2-3-12-31(27)22-19(24)18-16(14-4-6-15(7-5-14)28-10-8-23)13-17(26-21(18)30-22)20-25-9-11-29-20;1-2-3-12-35(29)22-19(23)18-16(13-17(25-21(18)34-22)20-24-8-11-33-20)14-4-6-15(7-5-14)30-9-10-31-32(26,27)28/h4-7,9,11,13,30H,2-3,8,10,12,14,25H2,1H3,(H2,27,28,31);4-7,9,11,13H,2-3,8,10,12,23-24H2,1H3;4-8,11,13H,2-3,9-10,12,23H2,1H3,(H2,26,27,28). The zero-order chi connectivity index (χ0) is 71.6. The van der Waals surface area contributed by atoms with E-state index in [1.54, 1.807) is 30.7 Å². The van der Waals surface area contributed by atoms with Crippen molar-refractivity contribution in [3.63, 3.8) is 0 Å². The number of aliphatic hydroxyl groups excluding tert-OH is 1. The smallest absolute Gasteiger partial charge is 0.469 e. The van der Waals surface area contributed by atoms with Crippen molar-refractivity contribution >= 4 is 162 Å². The highest BCUT2D eigenvalue weighted by Crippen LogP contribution is 2.47. The molecule has 3 aromatic carbocycles. The van der Waals surface area contributed by atoms with Crippen molar-refractivity contribution in [2.45, 2.75) is 78.5 Å². The van der Waals surface area contributed by atoms with Crippen LogP contribution < -0.4 is 43.0 Å². The number of benzene rings is 3. The van der Waals surface area contributed by atoms with Gasteiger partial charge in [-0.3, -0.25) is 17.2 Å². The fourth-order valence-corrected chi connectivity index (χ4v) is 20.6. The van der Waals surface area contributed by atoms with Crippen LogP contribution >= 0.6 is 75.8 Å². The highest BCUT2D eigenvalue weighted by atomic mass is 32.2. The number of pyridine rings is 3. The number of nitrogens with one attached hydrogen (secondary N) is 2. The third-order valence-corrected chi connectivity index (χ3v) is 27.0. The Balaban J connectivity index is 0.000000164. The molecule has 2 amide bonds. The number of unbranched alkanes of at least 4 members (excludes halogenated alkanes) is 3. The van der Waals surface area contributed by atoms with Gasteiger partial charge >= 0.3 is 13.9 Å². The lowest BCUT2D eigenvalue weighted by Crippen LogP contribution is -2.36. The number of hydrogen-bond acceptors (Lipinski definition) is 25. The van der Waals surface area contributed by atoms with E-state index in [1.807, 2.05) is 95.0 Å². The highest BCUT2D eigenvalue weighted by molar-refractivity contribution is 7.88. The Hall–Kier alpha value is -7.37. The van der Waals surface area contributed by atoms with Gasteiger partial charge in [-0.15, -0.1) is 68.0 Å². The number of nitrogens with two attached hydrogens (primary N) is 4. The Morgan fingerprint density at radius 2 is 0.901 bits per heavy atom. The van der Waals surface area contributed by atoms with Gasteiger partial charge in [0.15, 0.2) is 0 Å². The third kappa shape index (κ3) is 19.7. The number of carbonyl (C=O) groups excluding carboxylic acids is 1. The maximum absolute atomic E-state index is 12.9. The average molecular weight is 1560 g/mol. The molecule has 33 heteroatoms. The van der Waals surface area contributed by atoms with Gasteiger partial charge in [0, 0.05) is 87.8 Å². The molecule has 9 aromatic heterocycles. The van der Waals surface area contributed by atoms with Crippen LogP contribution in [0.25, 0.3) is 96.1 Å². The summed E-state index contributed by atoms with van der Waals surface area (Å²) in [6.45, 7) is 7.37. The molecule has 9 heterocycles. The molecule has 532 valence electrons. The number of amides is 2. The van der Waals surface area contributed by atoms with Gasteiger partial charge < -0.3 is 57.9 Å². The molecule has 0 bridgehead atoms. The number of fused-ring (bicyclic) bond motifs is 3. The van der Waals surface area contributed by atoms with Gasteiger partial charge in [0.1, 0.15) is 83.9 Å². The molecule has 13 N–H and O–H groups in total. The van der Waals surface area contributed by atoms with E-state index in [1.165, 1.54) is 68.0 Å². The monoisotopic (exact) mass is 1550 g/mol. The number of ether oxygens (including phenoxy) is 2. The summed E-state index contributed by atoms with van der Waals surface area (Å²) in [4.78, 5) is 59.1. The predicted octanol–water partition coefficient (Wildman–Crippen LogP) is 14.3. The number of phosphoric ester groups is 1. The van der Waals surface area contributed by atoms with E-state index in [0.717, 1.165) is 135 Å². The van der Waals surface area contributed by atoms with Crippen LogP contribution in [0.2, 0.25) is 0 Å². The van der Waals surface area contributed by atoms with E-state index in [9.17, 15) is 22.0 Å². The molecule has 0 aliphatic rings. The van der Waals surface area contributed by atoms with Crippen LogP contribution in [0, 0.1) is 0 Å². The first-order valence-corrected chi connectivity index (χ1v) is 42.6. The number of phosphoric acid groups is 1. The van der Waals surface area contributed by atoms with E-state index in [0.29, 0.717) is 82.9 Å². The van der Waals surface area contributed by atoms with Gasteiger partial charge in [-0.05, 0) is 101 Å². The maximum atomic E-state index is 12.9. The molecule has 101 heavy (non-hydrogen) atoms. The van der Waals surface area contributed by atoms with Gasteiger partial charge in [-0.2, -0.15) is 0 Å². The molecule has 12 aromatic rings. The van der Waals surface area contributed by atoms with Gasteiger partial charge in [-0.25, -0.2) is 39.3 Å². The highest BCUT2D eigenvalue weighted by Gasteiger charge is 2.26. The van der Waals surface area contributed by atoms with E-state index >= 15 is 0 Å². The summed E-state index contributed by atoms with van der Waals surface area (Å²) in [5.74, 6) is 3.03. The van der Waals surface area contributed by atoms with Crippen molar-refractivity contribution in [1.29, 1.82) is 0 Å². The van der Waals surface area contributed by atoms with Crippen LogP contribution in [0.4, 0.5) is 21.9 Å². The lowest BCUT2D eigenvalue weighted by atomic mass is 10.0. The Labute approximate surface area is 614 Å². The lowest BCUT2D eigenvalue weighted by molar-refractivity contribution is 0.160. The summed E-state index contributed by atoms with van der Waals surface area (Å²) < 4.78 is 67.0. The number of anilines is 3. The third-order valence-electron chi connectivity index (χ3n) is 15.1. The molecular formula is C68H75N12O11PS9. The molecule has 0 aliphatic heterocycles. The number of nitrogens with zero attached hydrogens (tertiary/aromatic N) is 6. The second-order valence-electron chi connectivity index (χ2n) is 22.2. The molecular weight excluding hydrogens is 1480 g/mol. The second kappa shape index (κ2) is 36.7. The minimum atomic E-state index is -4.52. The van der Waals surface area contributed by atoms with Gasteiger partial charge in [0.2, 0.25) is 0 Å². The van der Waals surface area contributed by atoms with Crippen LogP contribution in [0.1, 0.15) is 64.9 Å². The largest absolute Gasteiger partial charge is 0.492 e. The summed E-state index contributed by atoms with van der Waals surface area (Å²) in [7, 11) is -8.03. The molecule has 23 nitrogen and oxygen atoms in total. The number of nitrogen functional groups attached to an aromatic ring is 3. The first kappa shape index (κ1) is 76.3. The molecule has 3 unspecified atom stereocenters. The number of carbonyl (C=O) groups is 1. The minimum absolute atomic E-state index is 0.0113. The first-order chi connectivity index (χ1) is 48.9. The molecule has 0 saturated carbocycles. The molecule has 0 radical (unpaired) electrons. The molecule has 0 spiro atoms. The molecule has 0 fully saturated rings. The van der Waals surface area contributed by atoms with E-state index in [4.69, 9.17) is 62.3 Å². The quantitative estimate of drug-likeness (QED) is 0.0149. The molecule has 0 saturated heterocycles. The minimum Gasteiger partial charge on any atom is -0.492 e. The summed E-state index contributed by atoms with van der Waals surface area (Å²) in [5, 5.41) is 24.7. The maximum Gasteiger partial charge on any atom is 0.469 e. The zero-order valence-corrected chi connectivity index (χ0v) is 63.4. The number of thiazole rings is 3. The van der Waals surface area contributed by atoms with Crippen LogP contribution in [0.3, 0.4) is 0 Å². The Kier molecular flexibility index (Phi) is 27.7. The SMILES string of the molecule is CCCCS(=O)c1sc2nc(-c3nccs3)cc(-c3ccc(CNC(=O)NCCO)cc3)c2c1N.CCCCS(=O)c1sc2nc(-c3nccs3)cc(-c3ccc(OCCN)cc3)c2c1N.CCCCS(=O)c1sc2nc(-c3nccs3)cc(-c3ccc(OCCOP(=O)(O)O)cc3)c2c1N. The van der Waals surface area contributed by atoms with Crippen LogP contribution in [-0.2, 0) is 48.0 Å². The van der Waals surface area contributed by atoms with Crippen molar-refractivity contribution in [3.05, 3.63) is 131 Å². The normalized spacial score (nSPS) is 12.4. The first-order valence-electron chi connectivity index (χ1n) is 32.0. The summed E-state index contributed by atoms with van der Waals surface area (Å²) in [5.41, 5.74) is 35.4. The van der Waals surface area contributed by atoms with Gasteiger partial charge in [-0.1, -0.05) is 88.6 Å². The van der Waals surface area contributed by atoms with Crippen LogP contribution in [0.5, 0.6) is 11.5 Å². The van der Waals surface area contributed by atoms with E-state index < -0.39 is 40.2 Å². The summed E-state index contributed by atoms with van der Waals surface area (Å²) in [6, 6.07) is 28.5. The zero-order valence-electron chi connectivity index (χ0n) is 55.2. The van der Waals surface area contributed by atoms with E-state index in [-0.39, 0.29) is 32.4 Å². The van der Waals surface area contributed by atoms with Crippen molar-refractivity contribution in [2.24, 2.45) is 5.73 Å². The Bertz CT molecular complexity index is 4840. The molecule has 12 rings (SSSR count). The van der Waals surface area contributed by atoms with Crippen molar-refractivity contribution in [3.8, 4) is 77.0 Å². The summed E-state index contributed by atoms with van der Waals surface area (Å²) >= 11 is 8.70. The Morgan fingerprint density at radius 3 is 1.23 bits per heavy atom. The van der Waals surface area contributed by atoms with Crippen molar-refractivity contribution < 1.29 is 50.9 Å². The lowest BCUT2D eigenvalue weighted by Gasteiger charge is -2.10. The summed E-state index contributed by atoms with van der Waals surface area (Å²) in [6.07, 6.45) is 10.8. The van der Waals surface area contributed by atoms with E-state index in [2.05, 4.69) is 50.9 Å². The predicted molar refractivity (Wildman–Crippen MR) is 416 cm³/mol. The number of aliphatic hydroxyl groups is 1. The number of rotatable bonds is 30. The number of aromatic nitrogens is 6. The number of thiophene rings is 3.